The summed E-state index contributed by atoms with van der Waals surface area (Å²) in [5.74, 6) is -0.329. The van der Waals surface area contributed by atoms with Crippen LogP contribution < -0.4 is 0 Å². The highest BCUT2D eigenvalue weighted by molar-refractivity contribution is 5.89. The van der Waals surface area contributed by atoms with Crippen molar-refractivity contribution in [3.63, 3.8) is 0 Å². The number of nitrogens with zero attached hydrogens (tertiary/aromatic N) is 3. The number of carbonyl (C=O) groups excluding carboxylic acids is 1. The van der Waals surface area contributed by atoms with Gasteiger partial charge in [-0.1, -0.05) is 6.08 Å². The molecule has 2 heterocycles. The van der Waals surface area contributed by atoms with Gasteiger partial charge in [-0.05, 0) is 0 Å². The summed E-state index contributed by atoms with van der Waals surface area (Å²) in [6.45, 7) is 0. The first-order chi connectivity index (χ1) is 4.88. The first-order valence-corrected chi connectivity index (χ1v) is 3.02. The molecule has 0 N–H and O–H groups in total. The van der Waals surface area contributed by atoms with Crippen LogP contribution in [0.25, 0.3) is 0 Å². The van der Waals surface area contributed by atoms with Crippen LogP contribution in [0.4, 0.5) is 0 Å². The summed E-state index contributed by atoms with van der Waals surface area (Å²) in [7, 11) is 0. The minimum Gasteiger partial charge on any atom is -0.270 e. The molecule has 0 saturated carbocycles. The van der Waals surface area contributed by atoms with Gasteiger partial charge < -0.3 is 0 Å². The van der Waals surface area contributed by atoms with E-state index in [2.05, 4.69) is 15.2 Å². The number of hydrogen-bond donors (Lipinski definition) is 0. The monoisotopic (exact) mass is 135 g/mol. The number of aliphatic imine (C=N–C) groups is 1. The third kappa shape index (κ3) is 0.618. The predicted octanol–water partition coefficient (Wildman–Crippen LogP) is 0.562. The van der Waals surface area contributed by atoms with Gasteiger partial charge in [-0.15, -0.1) is 5.11 Å². The first-order valence-electron chi connectivity index (χ1n) is 3.02. The molecule has 0 bridgehead atoms. The standard InChI is InChI=1S/C6H5N3O/c10-6-4-1-2-7-3-5(4)8-9-6/h1-5H. The summed E-state index contributed by atoms with van der Waals surface area (Å²) in [6.07, 6.45) is 4.97. The quantitative estimate of drug-likeness (QED) is 0.478. The van der Waals surface area contributed by atoms with Gasteiger partial charge in [0.05, 0.1) is 5.92 Å². The molecule has 50 valence electrons. The molecule has 0 aromatic heterocycles. The van der Waals surface area contributed by atoms with Crippen molar-refractivity contribution in [3.8, 4) is 0 Å². The Morgan fingerprint density at radius 1 is 1.50 bits per heavy atom. The largest absolute Gasteiger partial charge is 0.273 e. The topological polar surface area (TPSA) is 54.1 Å². The number of rotatable bonds is 0. The number of fused-ring (bicyclic) bond motifs is 1. The molecular formula is C6H5N3O. The SMILES string of the molecule is O=C1N=NC2C=NC=CC12. The van der Waals surface area contributed by atoms with Gasteiger partial charge in [-0.25, -0.2) is 0 Å². The first kappa shape index (κ1) is 5.46. The molecule has 0 aliphatic carbocycles. The summed E-state index contributed by atoms with van der Waals surface area (Å²) >= 11 is 0. The fourth-order valence-corrected chi connectivity index (χ4v) is 1.01. The van der Waals surface area contributed by atoms with Crippen molar-refractivity contribution in [1.29, 1.82) is 0 Å². The summed E-state index contributed by atoms with van der Waals surface area (Å²) in [6, 6.07) is -0.127. The molecule has 2 rings (SSSR count). The van der Waals surface area contributed by atoms with Crippen LogP contribution in [0.2, 0.25) is 0 Å². The van der Waals surface area contributed by atoms with Crippen LogP contribution in [0.5, 0.6) is 0 Å². The zero-order valence-corrected chi connectivity index (χ0v) is 5.14. The van der Waals surface area contributed by atoms with Crippen molar-refractivity contribution in [2.24, 2.45) is 21.1 Å². The fourth-order valence-electron chi connectivity index (χ4n) is 1.01. The van der Waals surface area contributed by atoms with Crippen LogP contribution in [-0.2, 0) is 4.79 Å². The van der Waals surface area contributed by atoms with Crippen LogP contribution in [0.3, 0.4) is 0 Å². The van der Waals surface area contributed by atoms with E-state index in [0.717, 1.165) is 0 Å². The highest BCUT2D eigenvalue weighted by Crippen LogP contribution is 2.20. The third-order valence-corrected chi connectivity index (χ3v) is 1.56. The number of carbonyl (C=O) groups is 1. The van der Waals surface area contributed by atoms with Gasteiger partial charge in [0, 0.05) is 12.4 Å². The highest BCUT2D eigenvalue weighted by Gasteiger charge is 2.31. The lowest BCUT2D eigenvalue weighted by Crippen LogP contribution is -2.20. The van der Waals surface area contributed by atoms with E-state index in [9.17, 15) is 4.79 Å². The minimum absolute atomic E-state index is 0.127. The van der Waals surface area contributed by atoms with Crippen molar-refractivity contribution in [2.45, 2.75) is 6.04 Å². The Morgan fingerprint density at radius 3 is 3.20 bits per heavy atom. The van der Waals surface area contributed by atoms with Crippen LogP contribution in [0.15, 0.2) is 27.5 Å². The molecule has 2 aliphatic rings. The number of hydrogen-bond acceptors (Lipinski definition) is 3. The van der Waals surface area contributed by atoms with E-state index in [1.165, 1.54) is 0 Å². The van der Waals surface area contributed by atoms with Crippen LogP contribution in [0.1, 0.15) is 0 Å². The molecule has 0 spiro atoms. The Hall–Kier alpha value is -1.32. The Balaban J connectivity index is 2.34. The normalized spacial score (nSPS) is 35.0. The molecule has 0 fully saturated rings. The van der Waals surface area contributed by atoms with Gasteiger partial charge in [0.2, 0.25) is 0 Å². The Bertz CT molecular complexity index is 252. The van der Waals surface area contributed by atoms with Crippen molar-refractivity contribution in [2.75, 3.05) is 0 Å². The van der Waals surface area contributed by atoms with Crippen LogP contribution in [-0.4, -0.2) is 18.2 Å². The molecule has 2 unspecified atom stereocenters. The Morgan fingerprint density at radius 2 is 2.40 bits per heavy atom. The lowest BCUT2D eigenvalue weighted by atomic mass is 10.0. The lowest BCUT2D eigenvalue weighted by molar-refractivity contribution is -0.119. The maximum Gasteiger partial charge on any atom is 0.273 e. The highest BCUT2D eigenvalue weighted by atomic mass is 16.2. The molecular weight excluding hydrogens is 130 g/mol. The van der Waals surface area contributed by atoms with Crippen molar-refractivity contribution < 1.29 is 4.79 Å². The van der Waals surface area contributed by atoms with E-state index in [1.807, 2.05) is 0 Å². The maximum absolute atomic E-state index is 10.8. The Labute approximate surface area is 57.4 Å². The third-order valence-electron chi connectivity index (χ3n) is 1.56. The van der Waals surface area contributed by atoms with E-state index in [0.29, 0.717) is 0 Å². The summed E-state index contributed by atoms with van der Waals surface area (Å²) in [4.78, 5) is 14.7. The molecule has 10 heavy (non-hydrogen) atoms. The van der Waals surface area contributed by atoms with Gasteiger partial charge in [0.15, 0.2) is 0 Å². The molecule has 2 atom stereocenters. The van der Waals surface area contributed by atoms with Gasteiger partial charge in [-0.2, -0.15) is 5.11 Å². The number of azo groups is 1. The van der Waals surface area contributed by atoms with E-state index in [4.69, 9.17) is 0 Å². The van der Waals surface area contributed by atoms with Gasteiger partial charge in [0.1, 0.15) is 6.04 Å². The second kappa shape index (κ2) is 1.83. The second-order valence-corrected chi connectivity index (χ2v) is 2.21. The molecule has 0 radical (unpaired) electrons. The van der Waals surface area contributed by atoms with Crippen LogP contribution in [0, 0.1) is 5.92 Å². The summed E-state index contributed by atoms with van der Waals surface area (Å²) < 4.78 is 0. The fraction of sp³-hybridized carbons (Fsp3) is 0.333. The average Bonchev–Trinajstić information content (AvgIpc) is 2.34. The molecule has 2 aliphatic heterocycles. The van der Waals surface area contributed by atoms with E-state index < -0.39 is 0 Å². The lowest BCUT2D eigenvalue weighted by Gasteiger charge is -2.06. The molecule has 0 aromatic carbocycles. The molecule has 0 aromatic rings. The second-order valence-electron chi connectivity index (χ2n) is 2.21. The molecule has 4 nitrogen and oxygen atoms in total. The molecule has 0 saturated heterocycles. The summed E-state index contributed by atoms with van der Waals surface area (Å²) in [5, 5.41) is 7.14. The molecule has 1 amide bonds. The van der Waals surface area contributed by atoms with Crippen molar-refractivity contribution >= 4 is 12.1 Å². The van der Waals surface area contributed by atoms with Gasteiger partial charge >= 0.3 is 0 Å². The van der Waals surface area contributed by atoms with E-state index in [1.54, 1.807) is 18.5 Å². The smallest absolute Gasteiger partial charge is 0.270 e. The zero-order chi connectivity index (χ0) is 6.97. The Kier molecular flexibility index (Phi) is 1.00. The van der Waals surface area contributed by atoms with Gasteiger partial charge in [0.25, 0.3) is 5.91 Å². The number of amides is 1. The van der Waals surface area contributed by atoms with E-state index >= 15 is 0 Å². The summed E-state index contributed by atoms with van der Waals surface area (Å²) in [5.41, 5.74) is 0. The molecule has 4 heteroatoms. The van der Waals surface area contributed by atoms with Gasteiger partial charge in [-0.3, -0.25) is 9.79 Å². The average molecular weight is 135 g/mol. The van der Waals surface area contributed by atoms with Crippen molar-refractivity contribution in [3.05, 3.63) is 12.3 Å². The van der Waals surface area contributed by atoms with Crippen LogP contribution >= 0.6 is 0 Å². The van der Waals surface area contributed by atoms with E-state index in [-0.39, 0.29) is 17.9 Å². The maximum atomic E-state index is 10.8. The zero-order valence-electron chi connectivity index (χ0n) is 5.14. The minimum atomic E-state index is -0.169. The predicted molar refractivity (Wildman–Crippen MR) is 34.8 cm³/mol. The van der Waals surface area contributed by atoms with Crippen molar-refractivity contribution in [1.82, 2.24) is 0 Å².